The molecular formula is C19H14IN3O5S. The quantitative estimate of drug-likeness (QED) is 0.162. The Morgan fingerprint density at radius 1 is 1.24 bits per heavy atom. The number of amides is 2. The molecule has 2 amide bonds. The monoisotopic (exact) mass is 523 g/mol. The van der Waals surface area contributed by atoms with Gasteiger partial charge in [-0.05, 0) is 76.3 Å². The highest BCUT2D eigenvalue weighted by Gasteiger charge is 2.30. The van der Waals surface area contributed by atoms with Crippen molar-refractivity contribution in [3.8, 4) is 5.75 Å². The third-order valence-electron chi connectivity index (χ3n) is 4.11. The van der Waals surface area contributed by atoms with Crippen LogP contribution in [0.3, 0.4) is 0 Å². The predicted molar refractivity (Wildman–Crippen MR) is 118 cm³/mol. The number of non-ortho nitro benzene ring substituents is 1. The van der Waals surface area contributed by atoms with Gasteiger partial charge in [-0.1, -0.05) is 6.07 Å². The summed E-state index contributed by atoms with van der Waals surface area (Å²) in [4.78, 5) is 35.8. The average molecular weight is 523 g/mol. The van der Waals surface area contributed by atoms with Gasteiger partial charge in [0.05, 0.1) is 8.49 Å². The van der Waals surface area contributed by atoms with E-state index >= 15 is 0 Å². The fourth-order valence-electron chi connectivity index (χ4n) is 2.51. The van der Waals surface area contributed by atoms with Crippen molar-refractivity contribution in [3.05, 3.63) is 72.8 Å². The number of nitro benzene ring substituents is 1. The molecule has 0 unspecified atom stereocenters. The fraction of sp³-hybridized carbons (Fsp3) is 0.105. The maximum absolute atomic E-state index is 12.3. The Balaban J connectivity index is 1.73. The predicted octanol–water partition coefficient (Wildman–Crippen LogP) is 3.03. The lowest BCUT2D eigenvalue weighted by Gasteiger charge is -2.25. The molecule has 0 spiro atoms. The molecule has 0 aromatic heterocycles. The Bertz CT molecular complexity index is 1050. The van der Waals surface area contributed by atoms with Crippen LogP contribution in [-0.4, -0.2) is 33.8 Å². The van der Waals surface area contributed by atoms with Crippen LogP contribution < -0.4 is 10.1 Å². The molecule has 0 aliphatic carbocycles. The van der Waals surface area contributed by atoms with Gasteiger partial charge in [0.1, 0.15) is 17.9 Å². The number of ether oxygens (including phenoxy) is 1. The number of hydrogen-bond acceptors (Lipinski definition) is 6. The maximum Gasteiger partial charge on any atom is 0.269 e. The molecule has 0 radical (unpaired) electrons. The summed E-state index contributed by atoms with van der Waals surface area (Å²) in [5.74, 6) is -0.386. The lowest BCUT2D eigenvalue weighted by atomic mass is 10.1. The van der Waals surface area contributed by atoms with Gasteiger partial charge < -0.3 is 4.74 Å². The van der Waals surface area contributed by atoms with Crippen molar-refractivity contribution in [1.29, 1.82) is 0 Å². The third kappa shape index (κ3) is 4.77. The standard InChI is InChI=1S/C19H14IN3O5S/c1-22-18(25)14(17(24)21-19(22)29)8-12-4-7-16(15(20)9-12)28-10-11-2-5-13(6-3-11)23(26)27/h2-9H,10H2,1H3,(H,21,24,29)/b14-8+. The number of hydrogen-bond donors (Lipinski definition) is 1. The highest BCUT2D eigenvalue weighted by Crippen LogP contribution is 2.25. The fourth-order valence-corrected chi connectivity index (χ4v) is 3.38. The Morgan fingerprint density at radius 2 is 1.93 bits per heavy atom. The highest BCUT2D eigenvalue weighted by molar-refractivity contribution is 14.1. The first-order valence-corrected chi connectivity index (χ1v) is 9.75. The summed E-state index contributed by atoms with van der Waals surface area (Å²) in [7, 11) is 1.50. The number of carbonyl (C=O) groups excluding carboxylic acids is 2. The number of rotatable bonds is 5. The number of halogens is 1. The molecule has 1 saturated heterocycles. The lowest BCUT2D eigenvalue weighted by Crippen LogP contribution is -2.52. The molecule has 2 aromatic carbocycles. The van der Waals surface area contributed by atoms with Crippen LogP contribution in [0.1, 0.15) is 11.1 Å². The second-order valence-electron chi connectivity index (χ2n) is 6.08. The summed E-state index contributed by atoms with van der Waals surface area (Å²) in [6.45, 7) is 0.248. The minimum absolute atomic E-state index is 0.00329. The SMILES string of the molecule is CN1C(=O)/C(=C/c2ccc(OCc3ccc([N+](=O)[O-])cc3)c(I)c2)C(=O)NC1=S. The van der Waals surface area contributed by atoms with Crippen molar-refractivity contribution in [2.75, 3.05) is 7.05 Å². The smallest absolute Gasteiger partial charge is 0.269 e. The first kappa shape index (κ1) is 20.9. The summed E-state index contributed by atoms with van der Waals surface area (Å²) < 4.78 is 6.56. The molecule has 1 N–H and O–H groups in total. The van der Waals surface area contributed by atoms with E-state index < -0.39 is 16.7 Å². The average Bonchev–Trinajstić information content (AvgIpc) is 2.69. The van der Waals surface area contributed by atoms with Gasteiger partial charge in [0.25, 0.3) is 17.5 Å². The molecule has 3 rings (SSSR count). The molecule has 0 saturated carbocycles. The molecule has 1 heterocycles. The summed E-state index contributed by atoms with van der Waals surface area (Å²) in [5.41, 5.74) is 1.47. The van der Waals surface area contributed by atoms with Crippen LogP contribution in [0.15, 0.2) is 48.0 Å². The molecule has 1 aliphatic heterocycles. The molecule has 2 aromatic rings. The molecule has 29 heavy (non-hydrogen) atoms. The topological polar surface area (TPSA) is 102 Å². The van der Waals surface area contributed by atoms with E-state index in [0.29, 0.717) is 11.3 Å². The maximum atomic E-state index is 12.3. The summed E-state index contributed by atoms with van der Waals surface area (Å²) in [5, 5.41) is 13.2. The Morgan fingerprint density at radius 3 is 2.55 bits per heavy atom. The van der Waals surface area contributed by atoms with E-state index in [0.717, 1.165) is 9.13 Å². The molecule has 1 fully saturated rings. The van der Waals surface area contributed by atoms with Gasteiger partial charge >= 0.3 is 0 Å². The van der Waals surface area contributed by atoms with E-state index in [4.69, 9.17) is 17.0 Å². The molecule has 0 bridgehead atoms. The van der Waals surface area contributed by atoms with Crippen molar-refractivity contribution >= 4 is 63.5 Å². The number of carbonyl (C=O) groups is 2. The lowest BCUT2D eigenvalue weighted by molar-refractivity contribution is -0.384. The largest absolute Gasteiger partial charge is 0.488 e. The zero-order valence-electron chi connectivity index (χ0n) is 15.0. The van der Waals surface area contributed by atoms with Crippen LogP contribution in [0.5, 0.6) is 5.75 Å². The molecule has 10 heteroatoms. The summed E-state index contributed by atoms with van der Waals surface area (Å²) in [6.07, 6.45) is 1.50. The summed E-state index contributed by atoms with van der Waals surface area (Å²) >= 11 is 7.02. The normalized spacial score (nSPS) is 15.4. The van der Waals surface area contributed by atoms with Crippen LogP contribution in [0.4, 0.5) is 5.69 Å². The van der Waals surface area contributed by atoms with Gasteiger partial charge in [0.15, 0.2) is 5.11 Å². The van der Waals surface area contributed by atoms with Crippen molar-refractivity contribution in [3.63, 3.8) is 0 Å². The van der Waals surface area contributed by atoms with Crippen LogP contribution >= 0.6 is 34.8 Å². The van der Waals surface area contributed by atoms with E-state index in [-0.39, 0.29) is 23.0 Å². The molecular weight excluding hydrogens is 509 g/mol. The number of thiocarbonyl (C=S) groups is 1. The van der Waals surface area contributed by atoms with Crippen molar-refractivity contribution in [2.45, 2.75) is 6.61 Å². The van der Waals surface area contributed by atoms with Crippen LogP contribution in [0, 0.1) is 13.7 Å². The number of likely N-dealkylation sites (N-methyl/N-ethyl adjacent to an activating group) is 1. The molecule has 0 atom stereocenters. The van der Waals surface area contributed by atoms with Crippen molar-refractivity contribution in [2.24, 2.45) is 0 Å². The first-order chi connectivity index (χ1) is 13.8. The minimum Gasteiger partial charge on any atom is -0.488 e. The van der Waals surface area contributed by atoms with Crippen LogP contribution in [0.2, 0.25) is 0 Å². The van der Waals surface area contributed by atoms with E-state index in [1.165, 1.54) is 30.2 Å². The number of nitrogens with one attached hydrogen (secondary N) is 1. The minimum atomic E-state index is -0.536. The van der Waals surface area contributed by atoms with Crippen LogP contribution in [-0.2, 0) is 16.2 Å². The number of benzene rings is 2. The van der Waals surface area contributed by atoms with Gasteiger partial charge in [-0.15, -0.1) is 0 Å². The van der Waals surface area contributed by atoms with E-state index in [2.05, 4.69) is 27.9 Å². The zero-order valence-corrected chi connectivity index (χ0v) is 18.0. The second kappa shape index (κ2) is 8.66. The van der Waals surface area contributed by atoms with Gasteiger partial charge in [-0.3, -0.25) is 29.9 Å². The molecule has 148 valence electrons. The third-order valence-corrected chi connectivity index (χ3v) is 5.33. The van der Waals surface area contributed by atoms with E-state index in [1.54, 1.807) is 30.3 Å². The summed E-state index contributed by atoms with van der Waals surface area (Å²) in [6, 6.07) is 11.4. The van der Waals surface area contributed by atoms with Gasteiger partial charge in [0.2, 0.25) is 0 Å². The highest BCUT2D eigenvalue weighted by atomic mass is 127. The van der Waals surface area contributed by atoms with Crippen molar-refractivity contribution in [1.82, 2.24) is 10.2 Å². The molecule has 8 nitrogen and oxygen atoms in total. The second-order valence-corrected chi connectivity index (χ2v) is 7.63. The van der Waals surface area contributed by atoms with Gasteiger partial charge in [-0.2, -0.15) is 0 Å². The molecule has 1 aliphatic rings. The van der Waals surface area contributed by atoms with E-state index in [9.17, 15) is 19.7 Å². The zero-order chi connectivity index (χ0) is 21.1. The number of nitrogens with zero attached hydrogens (tertiary/aromatic N) is 2. The first-order valence-electron chi connectivity index (χ1n) is 8.27. The number of nitro groups is 1. The Hall–Kier alpha value is -2.86. The van der Waals surface area contributed by atoms with Crippen molar-refractivity contribution < 1.29 is 19.2 Å². The van der Waals surface area contributed by atoms with E-state index in [1.807, 2.05) is 0 Å². The Kier molecular flexibility index (Phi) is 6.23. The van der Waals surface area contributed by atoms with Crippen LogP contribution in [0.25, 0.3) is 6.08 Å². The Labute approximate surface area is 184 Å². The van der Waals surface area contributed by atoms with Gasteiger partial charge in [-0.25, -0.2) is 0 Å². The van der Waals surface area contributed by atoms with Gasteiger partial charge in [0, 0.05) is 19.2 Å².